The molecule has 0 saturated carbocycles. The zero-order valence-corrected chi connectivity index (χ0v) is 14.5. The van der Waals surface area contributed by atoms with Crippen LogP contribution < -0.4 is 5.43 Å². The maximum Gasteiger partial charge on any atom is 0.193 e. The van der Waals surface area contributed by atoms with Crippen LogP contribution in [0.2, 0.25) is 0 Å². The second-order valence-corrected chi connectivity index (χ2v) is 6.86. The summed E-state index contributed by atoms with van der Waals surface area (Å²) in [6, 6.07) is 17.3. The van der Waals surface area contributed by atoms with E-state index in [-0.39, 0.29) is 5.43 Å². The minimum Gasteiger partial charge on any atom is -0.455 e. The van der Waals surface area contributed by atoms with E-state index in [0.717, 1.165) is 27.5 Å². The summed E-state index contributed by atoms with van der Waals surface area (Å²) in [6.07, 6.45) is 3.40. The molecule has 0 aliphatic heterocycles. The molecule has 0 atom stereocenters. The van der Waals surface area contributed by atoms with Crippen molar-refractivity contribution in [1.29, 1.82) is 0 Å². The predicted molar refractivity (Wildman–Crippen MR) is 107 cm³/mol. The number of hydrogen-bond acceptors (Lipinski definition) is 4. The third-order valence-electron chi connectivity index (χ3n) is 4.51. The zero-order chi connectivity index (χ0) is 17.5. The molecule has 124 valence electrons. The number of hydrogen-bond donors (Lipinski definition) is 0. The summed E-state index contributed by atoms with van der Waals surface area (Å²) in [5.74, 6) is 0.532. The van der Waals surface area contributed by atoms with E-state index in [2.05, 4.69) is 22.5 Å². The number of rotatable bonds is 2. The number of thiophene rings is 1. The van der Waals surface area contributed by atoms with Crippen LogP contribution in [0.5, 0.6) is 0 Å². The summed E-state index contributed by atoms with van der Waals surface area (Å²) in [6.45, 7) is 0. The van der Waals surface area contributed by atoms with Crippen LogP contribution in [0.15, 0.2) is 87.0 Å². The van der Waals surface area contributed by atoms with E-state index in [1.165, 1.54) is 0 Å². The summed E-state index contributed by atoms with van der Waals surface area (Å²) < 4.78 is 6.18. The smallest absolute Gasteiger partial charge is 0.193 e. The average molecular weight is 355 g/mol. The fourth-order valence-corrected chi connectivity index (χ4v) is 3.94. The molecular formula is C22H13NO2S. The topological polar surface area (TPSA) is 43.1 Å². The predicted octanol–water partition coefficient (Wildman–Crippen LogP) is 5.74. The Labute approximate surface area is 153 Å². The minimum absolute atomic E-state index is 0.0488. The van der Waals surface area contributed by atoms with E-state index in [9.17, 15) is 4.79 Å². The molecule has 5 rings (SSSR count). The Morgan fingerprint density at radius 3 is 2.54 bits per heavy atom. The van der Waals surface area contributed by atoms with Crippen molar-refractivity contribution in [3.63, 3.8) is 0 Å². The van der Waals surface area contributed by atoms with Gasteiger partial charge in [-0.1, -0.05) is 24.3 Å². The van der Waals surface area contributed by atoms with Gasteiger partial charge in [-0.2, -0.15) is 11.3 Å². The highest BCUT2D eigenvalue weighted by molar-refractivity contribution is 7.08. The molecule has 0 N–H and O–H groups in total. The first-order valence-corrected chi connectivity index (χ1v) is 9.18. The van der Waals surface area contributed by atoms with Gasteiger partial charge in [0.25, 0.3) is 0 Å². The number of fused-ring (bicyclic) bond motifs is 3. The standard InChI is InChI=1S/C22H13NO2S/c24-20-11-21(14-4-3-8-23-12-14)25-22-17-6-2-1-5-16(17)18(10-19(20)22)15-7-9-26-13-15/h1-13H. The van der Waals surface area contributed by atoms with Crippen LogP contribution in [0.4, 0.5) is 0 Å². The second kappa shape index (κ2) is 5.93. The first kappa shape index (κ1) is 15.0. The molecule has 3 nitrogen and oxygen atoms in total. The van der Waals surface area contributed by atoms with Gasteiger partial charge in [0.15, 0.2) is 5.43 Å². The minimum atomic E-state index is -0.0488. The summed E-state index contributed by atoms with van der Waals surface area (Å²) >= 11 is 1.64. The van der Waals surface area contributed by atoms with Crippen LogP contribution in [0.1, 0.15) is 0 Å². The van der Waals surface area contributed by atoms with Crippen molar-refractivity contribution in [2.75, 3.05) is 0 Å². The SMILES string of the molecule is O=c1cc(-c2cccnc2)oc2c1cc(-c1ccsc1)c1ccccc12. The molecule has 3 aromatic heterocycles. The fraction of sp³-hybridized carbons (Fsp3) is 0. The monoisotopic (exact) mass is 355 g/mol. The highest BCUT2D eigenvalue weighted by atomic mass is 32.1. The number of nitrogens with zero attached hydrogens (tertiary/aromatic N) is 1. The molecule has 5 aromatic rings. The Morgan fingerprint density at radius 1 is 0.885 bits per heavy atom. The Kier molecular flexibility index (Phi) is 3.43. The quantitative estimate of drug-likeness (QED) is 0.379. The second-order valence-electron chi connectivity index (χ2n) is 6.08. The van der Waals surface area contributed by atoms with E-state index in [1.807, 2.05) is 41.8 Å². The van der Waals surface area contributed by atoms with E-state index in [4.69, 9.17) is 4.42 Å². The van der Waals surface area contributed by atoms with Gasteiger partial charge >= 0.3 is 0 Å². The van der Waals surface area contributed by atoms with E-state index < -0.39 is 0 Å². The maximum absolute atomic E-state index is 12.9. The Morgan fingerprint density at radius 2 is 1.77 bits per heavy atom. The highest BCUT2D eigenvalue weighted by Crippen LogP contribution is 2.35. The summed E-state index contributed by atoms with van der Waals surface area (Å²) in [7, 11) is 0. The van der Waals surface area contributed by atoms with Crippen LogP contribution >= 0.6 is 11.3 Å². The maximum atomic E-state index is 12.9. The molecule has 0 amide bonds. The van der Waals surface area contributed by atoms with E-state index in [0.29, 0.717) is 16.7 Å². The van der Waals surface area contributed by atoms with Gasteiger partial charge < -0.3 is 4.42 Å². The molecule has 0 aliphatic carbocycles. The van der Waals surface area contributed by atoms with Crippen LogP contribution in [0.25, 0.3) is 44.2 Å². The normalized spacial score (nSPS) is 11.2. The fourth-order valence-electron chi connectivity index (χ4n) is 3.29. The molecular weight excluding hydrogens is 342 g/mol. The zero-order valence-electron chi connectivity index (χ0n) is 13.7. The Hall–Kier alpha value is -3.24. The third kappa shape index (κ3) is 2.35. The lowest BCUT2D eigenvalue weighted by Gasteiger charge is -2.10. The first-order chi connectivity index (χ1) is 12.8. The van der Waals surface area contributed by atoms with Crippen molar-refractivity contribution in [1.82, 2.24) is 4.98 Å². The summed E-state index contributed by atoms with van der Waals surface area (Å²) in [4.78, 5) is 17.0. The molecule has 0 spiro atoms. The summed E-state index contributed by atoms with van der Waals surface area (Å²) in [5.41, 5.74) is 3.52. The van der Waals surface area contributed by atoms with Gasteiger partial charge in [0, 0.05) is 29.4 Å². The lowest BCUT2D eigenvalue weighted by molar-refractivity contribution is 0.622. The van der Waals surface area contributed by atoms with E-state index in [1.54, 1.807) is 29.8 Å². The highest BCUT2D eigenvalue weighted by Gasteiger charge is 2.14. The van der Waals surface area contributed by atoms with Crippen molar-refractivity contribution < 1.29 is 4.42 Å². The van der Waals surface area contributed by atoms with E-state index >= 15 is 0 Å². The van der Waals surface area contributed by atoms with Gasteiger partial charge in [0.2, 0.25) is 0 Å². The van der Waals surface area contributed by atoms with Crippen molar-refractivity contribution >= 4 is 33.1 Å². The van der Waals surface area contributed by atoms with Crippen molar-refractivity contribution in [2.45, 2.75) is 0 Å². The third-order valence-corrected chi connectivity index (χ3v) is 5.20. The molecule has 0 fully saturated rings. The lowest BCUT2D eigenvalue weighted by atomic mass is 9.97. The van der Waals surface area contributed by atoms with Crippen molar-refractivity contribution in [3.8, 4) is 22.5 Å². The molecule has 0 unspecified atom stereocenters. The first-order valence-electron chi connectivity index (χ1n) is 8.24. The van der Waals surface area contributed by atoms with Crippen LogP contribution in [0.3, 0.4) is 0 Å². The van der Waals surface area contributed by atoms with Crippen LogP contribution in [-0.4, -0.2) is 4.98 Å². The van der Waals surface area contributed by atoms with Crippen molar-refractivity contribution in [3.05, 3.63) is 88.0 Å². The Balaban J connectivity index is 1.91. The van der Waals surface area contributed by atoms with Gasteiger partial charge in [0.05, 0.1) is 5.39 Å². The number of aromatic nitrogens is 1. The molecule has 0 saturated heterocycles. The molecule has 4 heteroatoms. The van der Waals surface area contributed by atoms with Crippen LogP contribution in [0, 0.1) is 0 Å². The molecule has 0 bridgehead atoms. The van der Waals surface area contributed by atoms with Crippen LogP contribution in [-0.2, 0) is 0 Å². The largest absolute Gasteiger partial charge is 0.455 e. The molecule has 2 aromatic carbocycles. The number of benzene rings is 2. The lowest BCUT2D eigenvalue weighted by Crippen LogP contribution is -2.01. The van der Waals surface area contributed by atoms with Gasteiger partial charge in [-0.15, -0.1) is 0 Å². The van der Waals surface area contributed by atoms with Gasteiger partial charge in [0.1, 0.15) is 11.3 Å². The molecule has 0 radical (unpaired) electrons. The molecule has 3 heterocycles. The number of pyridine rings is 1. The van der Waals surface area contributed by atoms with Gasteiger partial charge in [-0.05, 0) is 51.5 Å². The summed E-state index contributed by atoms with van der Waals surface area (Å²) in [5, 5.41) is 6.75. The molecule has 26 heavy (non-hydrogen) atoms. The van der Waals surface area contributed by atoms with Gasteiger partial charge in [-0.3, -0.25) is 9.78 Å². The molecule has 0 aliphatic rings. The average Bonchev–Trinajstić information content (AvgIpc) is 3.23. The van der Waals surface area contributed by atoms with Gasteiger partial charge in [-0.25, -0.2) is 0 Å². The Bertz CT molecular complexity index is 1290. The van der Waals surface area contributed by atoms with Crippen molar-refractivity contribution in [2.24, 2.45) is 0 Å².